The molecule has 0 radical (unpaired) electrons. The van der Waals surface area contributed by atoms with Gasteiger partial charge in [0.2, 0.25) is 0 Å². The van der Waals surface area contributed by atoms with Crippen LogP contribution in [-0.2, 0) is 13.0 Å². The molecule has 0 saturated heterocycles. The number of nitrogens with two attached hydrogens (primary N) is 1. The molecule has 0 aliphatic heterocycles. The molecule has 1 aromatic heterocycles. The molecule has 0 bridgehead atoms. The third-order valence-corrected chi connectivity index (χ3v) is 3.97. The largest absolute Gasteiger partial charge is 0.335 e. The van der Waals surface area contributed by atoms with Gasteiger partial charge in [-0.3, -0.25) is 11.3 Å². The standard InChI is InChI=1S/C15H21ClN4/c1-3-8-20-9-7-18-14(20)10-13(19-17)12-6-4-5-11(2)15(12)16/h4-7,9,13,19H,3,8,10,17H2,1-2H3. The van der Waals surface area contributed by atoms with Gasteiger partial charge in [0.1, 0.15) is 5.82 Å². The fourth-order valence-corrected chi connectivity index (χ4v) is 2.61. The van der Waals surface area contributed by atoms with Crippen LogP contribution in [0.2, 0.25) is 5.02 Å². The number of imidazole rings is 1. The van der Waals surface area contributed by atoms with E-state index in [-0.39, 0.29) is 6.04 Å². The fourth-order valence-electron chi connectivity index (χ4n) is 2.35. The number of halogens is 1. The van der Waals surface area contributed by atoms with Crippen molar-refractivity contribution in [3.8, 4) is 0 Å². The highest BCUT2D eigenvalue weighted by Crippen LogP contribution is 2.27. The molecule has 108 valence electrons. The van der Waals surface area contributed by atoms with Crippen molar-refractivity contribution in [2.45, 2.75) is 39.3 Å². The van der Waals surface area contributed by atoms with E-state index in [9.17, 15) is 0 Å². The number of hydrazine groups is 1. The van der Waals surface area contributed by atoms with E-state index in [2.05, 4.69) is 21.9 Å². The number of aromatic nitrogens is 2. The maximum Gasteiger partial charge on any atom is 0.110 e. The van der Waals surface area contributed by atoms with Crippen molar-refractivity contribution >= 4 is 11.6 Å². The number of hydrogen-bond donors (Lipinski definition) is 2. The molecule has 1 atom stereocenters. The van der Waals surface area contributed by atoms with Crippen LogP contribution in [0, 0.1) is 6.92 Å². The maximum atomic E-state index is 6.39. The third kappa shape index (κ3) is 3.20. The minimum absolute atomic E-state index is 0.0413. The van der Waals surface area contributed by atoms with Crippen molar-refractivity contribution < 1.29 is 0 Å². The van der Waals surface area contributed by atoms with Gasteiger partial charge in [-0.15, -0.1) is 0 Å². The van der Waals surface area contributed by atoms with E-state index in [1.54, 1.807) is 0 Å². The number of rotatable bonds is 6. The van der Waals surface area contributed by atoms with Crippen LogP contribution in [0.3, 0.4) is 0 Å². The summed E-state index contributed by atoms with van der Waals surface area (Å²) in [5.41, 5.74) is 4.93. The van der Waals surface area contributed by atoms with E-state index in [1.165, 1.54) is 0 Å². The van der Waals surface area contributed by atoms with E-state index in [4.69, 9.17) is 17.4 Å². The van der Waals surface area contributed by atoms with Crippen LogP contribution in [0.4, 0.5) is 0 Å². The van der Waals surface area contributed by atoms with E-state index in [1.807, 2.05) is 37.5 Å². The predicted molar refractivity (Wildman–Crippen MR) is 82.5 cm³/mol. The molecule has 2 rings (SSSR count). The molecule has 20 heavy (non-hydrogen) atoms. The molecule has 1 heterocycles. The summed E-state index contributed by atoms with van der Waals surface area (Å²) in [7, 11) is 0. The molecule has 0 amide bonds. The normalized spacial score (nSPS) is 12.6. The fraction of sp³-hybridized carbons (Fsp3) is 0.400. The highest BCUT2D eigenvalue weighted by atomic mass is 35.5. The monoisotopic (exact) mass is 292 g/mol. The third-order valence-electron chi connectivity index (χ3n) is 3.45. The molecule has 3 N–H and O–H groups in total. The van der Waals surface area contributed by atoms with Gasteiger partial charge in [-0.25, -0.2) is 4.98 Å². The molecule has 0 spiro atoms. The second kappa shape index (κ2) is 6.88. The van der Waals surface area contributed by atoms with Crippen LogP contribution in [0.15, 0.2) is 30.6 Å². The van der Waals surface area contributed by atoms with Crippen molar-refractivity contribution in [3.63, 3.8) is 0 Å². The topological polar surface area (TPSA) is 55.9 Å². The molecule has 1 aromatic carbocycles. The summed E-state index contributed by atoms with van der Waals surface area (Å²) >= 11 is 6.39. The minimum atomic E-state index is -0.0413. The smallest absolute Gasteiger partial charge is 0.110 e. The number of hydrogen-bond acceptors (Lipinski definition) is 3. The van der Waals surface area contributed by atoms with Crippen molar-refractivity contribution in [2.24, 2.45) is 5.84 Å². The van der Waals surface area contributed by atoms with Crippen LogP contribution in [-0.4, -0.2) is 9.55 Å². The Morgan fingerprint density at radius 1 is 1.45 bits per heavy atom. The summed E-state index contributed by atoms with van der Waals surface area (Å²) in [5.74, 6) is 6.74. The molecule has 2 aromatic rings. The summed E-state index contributed by atoms with van der Waals surface area (Å²) in [6.45, 7) is 5.12. The van der Waals surface area contributed by atoms with Crippen LogP contribution < -0.4 is 11.3 Å². The number of nitrogens with one attached hydrogen (secondary N) is 1. The van der Waals surface area contributed by atoms with Gasteiger partial charge in [0.05, 0.1) is 6.04 Å². The quantitative estimate of drug-likeness (QED) is 0.636. The first-order valence-corrected chi connectivity index (χ1v) is 7.26. The Hall–Kier alpha value is -1.36. The van der Waals surface area contributed by atoms with Gasteiger partial charge >= 0.3 is 0 Å². The molecule has 0 saturated carbocycles. The summed E-state index contributed by atoms with van der Waals surface area (Å²) in [6, 6.07) is 5.96. The summed E-state index contributed by atoms with van der Waals surface area (Å²) in [5, 5.41) is 0.768. The second-order valence-corrected chi connectivity index (χ2v) is 5.32. The Balaban J connectivity index is 2.24. The SMILES string of the molecule is CCCn1ccnc1CC(NN)c1cccc(C)c1Cl. The van der Waals surface area contributed by atoms with E-state index in [0.29, 0.717) is 6.42 Å². The van der Waals surface area contributed by atoms with Crippen LogP contribution in [0.25, 0.3) is 0 Å². The van der Waals surface area contributed by atoms with Crippen molar-refractivity contribution in [3.05, 3.63) is 52.6 Å². The molecule has 0 aliphatic rings. The molecule has 1 unspecified atom stereocenters. The van der Waals surface area contributed by atoms with Gasteiger partial charge in [0.15, 0.2) is 0 Å². The first-order chi connectivity index (χ1) is 9.67. The first-order valence-electron chi connectivity index (χ1n) is 6.88. The molecular formula is C15H21ClN4. The molecule has 4 nitrogen and oxygen atoms in total. The second-order valence-electron chi connectivity index (χ2n) is 4.94. The lowest BCUT2D eigenvalue weighted by molar-refractivity contribution is 0.517. The zero-order chi connectivity index (χ0) is 14.5. The lowest BCUT2D eigenvalue weighted by Gasteiger charge is -2.19. The zero-order valence-corrected chi connectivity index (χ0v) is 12.7. The van der Waals surface area contributed by atoms with Gasteiger partial charge in [-0.1, -0.05) is 36.7 Å². The average molecular weight is 293 g/mol. The minimum Gasteiger partial charge on any atom is -0.335 e. The van der Waals surface area contributed by atoms with Gasteiger partial charge in [-0.05, 0) is 24.5 Å². The van der Waals surface area contributed by atoms with Crippen LogP contribution >= 0.6 is 11.6 Å². The first kappa shape index (κ1) is 15.0. The molecule has 0 fully saturated rings. The van der Waals surface area contributed by atoms with Gasteiger partial charge in [0.25, 0.3) is 0 Å². The Morgan fingerprint density at radius 3 is 2.95 bits per heavy atom. The number of aryl methyl sites for hydroxylation is 2. The summed E-state index contributed by atoms with van der Waals surface area (Å²) in [6.07, 6.45) is 5.63. The summed E-state index contributed by atoms with van der Waals surface area (Å²) in [4.78, 5) is 4.42. The predicted octanol–water partition coefficient (Wildman–Crippen LogP) is 3.00. The summed E-state index contributed by atoms with van der Waals surface area (Å²) < 4.78 is 2.16. The Kier molecular flexibility index (Phi) is 5.17. The van der Waals surface area contributed by atoms with Gasteiger partial charge < -0.3 is 4.57 Å². The van der Waals surface area contributed by atoms with Gasteiger partial charge in [0, 0.05) is 30.4 Å². The van der Waals surface area contributed by atoms with E-state index >= 15 is 0 Å². The molecule has 0 aliphatic carbocycles. The van der Waals surface area contributed by atoms with E-state index < -0.39 is 0 Å². The van der Waals surface area contributed by atoms with Crippen LogP contribution in [0.1, 0.15) is 36.3 Å². The highest BCUT2D eigenvalue weighted by molar-refractivity contribution is 6.32. The molecule has 5 heteroatoms. The zero-order valence-electron chi connectivity index (χ0n) is 11.9. The Labute approximate surface area is 124 Å². The lowest BCUT2D eigenvalue weighted by atomic mass is 10.0. The average Bonchev–Trinajstić information content (AvgIpc) is 2.87. The number of benzene rings is 1. The lowest BCUT2D eigenvalue weighted by Crippen LogP contribution is -2.30. The van der Waals surface area contributed by atoms with Crippen LogP contribution in [0.5, 0.6) is 0 Å². The van der Waals surface area contributed by atoms with Gasteiger partial charge in [-0.2, -0.15) is 0 Å². The van der Waals surface area contributed by atoms with Crippen molar-refractivity contribution in [1.29, 1.82) is 0 Å². The maximum absolute atomic E-state index is 6.39. The van der Waals surface area contributed by atoms with Crippen molar-refractivity contribution in [2.75, 3.05) is 0 Å². The van der Waals surface area contributed by atoms with E-state index in [0.717, 1.165) is 34.9 Å². The Morgan fingerprint density at radius 2 is 2.25 bits per heavy atom. The highest BCUT2D eigenvalue weighted by Gasteiger charge is 2.17. The number of nitrogens with zero attached hydrogens (tertiary/aromatic N) is 2. The Bertz CT molecular complexity index is 565. The van der Waals surface area contributed by atoms with Crippen molar-refractivity contribution in [1.82, 2.24) is 15.0 Å². The molecular weight excluding hydrogens is 272 g/mol.